The zero-order valence-electron chi connectivity index (χ0n) is 9.60. The molecule has 1 heterocycles. The average Bonchev–Trinajstić information content (AvgIpc) is 2.36. The van der Waals surface area contributed by atoms with Crippen LogP contribution in [0.15, 0.2) is 18.2 Å². The van der Waals surface area contributed by atoms with E-state index in [1.807, 2.05) is 0 Å². The number of amides is 1. The minimum Gasteiger partial charge on any atom is -0.394 e. The number of halogens is 2. The molecule has 0 aliphatic carbocycles. The number of aliphatic hydroxyl groups excluding tert-OH is 1. The fourth-order valence-corrected chi connectivity index (χ4v) is 1.92. The minimum absolute atomic E-state index is 0.0622. The van der Waals surface area contributed by atoms with Crippen LogP contribution in [0, 0.1) is 11.6 Å². The van der Waals surface area contributed by atoms with Gasteiger partial charge in [-0.3, -0.25) is 4.79 Å². The number of benzene rings is 1. The molecule has 2 rings (SSSR count). The molecule has 0 bridgehead atoms. The molecular formula is C12H13F2NO3. The lowest BCUT2D eigenvalue weighted by Crippen LogP contribution is -2.50. The zero-order valence-corrected chi connectivity index (χ0v) is 9.60. The van der Waals surface area contributed by atoms with Crippen molar-refractivity contribution in [2.24, 2.45) is 0 Å². The first-order valence-electron chi connectivity index (χ1n) is 5.57. The fourth-order valence-electron chi connectivity index (χ4n) is 1.92. The maximum absolute atomic E-state index is 13.0. The van der Waals surface area contributed by atoms with E-state index in [0.717, 1.165) is 12.1 Å². The van der Waals surface area contributed by atoms with E-state index >= 15 is 0 Å². The molecule has 4 nitrogen and oxygen atoms in total. The number of nitrogens with zero attached hydrogens (tertiary/aromatic N) is 1. The minimum atomic E-state index is -0.799. The highest BCUT2D eigenvalue weighted by Crippen LogP contribution is 2.15. The Kier molecular flexibility index (Phi) is 3.88. The van der Waals surface area contributed by atoms with Gasteiger partial charge in [-0.05, 0) is 12.1 Å². The van der Waals surface area contributed by atoms with Crippen molar-refractivity contribution in [1.82, 2.24) is 4.90 Å². The fraction of sp³-hybridized carbons (Fsp3) is 0.417. The molecule has 1 aliphatic heterocycles. The molecule has 18 heavy (non-hydrogen) atoms. The van der Waals surface area contributed by atoms with Gasteiger partial charge in [-0.15, -0.1) is 0 Å². The van der Waals surface area contributed by atoms with E-state index in [1.54, 1.807) is 0 Å². The predicted octanol–water partition coefficient (Wildman–Crippen LogP) is 0.798. The van der Waals surface area contributed by atoms with E-state index in [9.17, 15) is 13.6 Å². The smallest absolute Gasteiger partial charge is 0.254 e. The molecule has 98 valence electrons. The van der Waals surface area contributed by atoms with Crippen LogP contribution in [0.25, 0.3) is 0 Å². The number of hydrogen-bond donors (Lipinski definition) is 1. The van der Waals surface area contributed by atoms with Crippen LogP contribution in [0.4, 0.5) is 8.78 Å². The first-order valence-corrected chi connectivity index (χ1v) is 5.57. The van der Waals surface area contributed by atoms with Crippen LogP contribution in [-0.4, -0.2) is 48.3 Å². The second kappa shape index (κ2) is 5.41. The zero-order chi connectivity index (χ0) is 13.1. The predicted molar refractivity (Wildman–Crippen MR) is 59.1 cm³/mol. The third-order valence-corrected chi connectivity index (χ3v) is 2.81. The van der Waals surface area contributed by atoms with Gasteiger partial charge in [-0.25, -0.2) is 8.78 Å². The Morgan fingerprint density at radius 3 is 2.67 bits per heavy atom. The molecule has 1 amide bonds. The van der Waals surface area contributed by atoms with Crippen molar-refractivity contribution in [2.75, 3.05) is 26.4 Å². The van der Waals surface area contributed by atoms with Crippen molar-refractivity contribution >= 4 is 5.91 Å². The topological polar surface area (TPSA) is 49.8 Å². The van der Waals surface area contributed by atoms with Gasteiger partial charge >= 0.3 is 0 Å². The molecule has 1 fully saturated rings. The maximum Gasteiger partial charge on any atom is 0.254 e. The lowest BCUT2D eigenvalue weighted by molar-refractivity contribution is -0.0184. The van der Waals surface area contributed by atoms with Gasteiger partial charge in [0.2, 0.25) is 0 Å². The molecule has 1 aliphatic rings. The van der Waals surface area contributed by atoms with Gasteiger partial charge in [-0.1, -0.05) is 0 Å². The molecular weight excluding hydrogens is 244 g/mol. The Morgan fingerprint density at radius 1 is 1.39 bits per heavy atom. The number of carbonyl (C=O) groups is 1. The van der Waals surface area contributed by atoms with E-state index in [1.165, 1.54) is 4.90 Å². The Hall–Kier alpha value is -1.53. The molecule has 1 saturated heterocycles. The quantitative estimate of drug-likeness (QED) is 0.852. The number of carbonyl (C=O) groups excluding carboxylic acids is 1. The van der Waals surface area contributed by atoms with Gasteiger partial charge in [0.25, 0.3) is 5.91 Å². The van der Waals surface area contributed by atoms with Gasteiger partial charge in [-0.2, -0.15) is 0 Å². The summed E-state index contributed by atoms with van der Waals surface area (Å²) in [6.07, 6.45) is 0. The largest absolute Gasteiger partial charge is 0.394 e. The molecule has 1 aromatic rings. The Balaban J connectivity index is 2.23. The highest BCUT2D eigenvalue weighted by atomic mass is 19.1. The Bertz CT molecular complexity index is 433. The number of hydrogen-bond acceptors (Lipinski definition) is 3. The van der Waals surface area contributed by atoms with Crippen LogP contribution >= 0.6 is 0 Å². The Labute approximate surface area is 103 Å². The van der Waals surface area contributed by atoms with Gasteiger partial charge in [0.1, 0.15) is 11.6 Å². The SMILES string of the molecule is O=C(c1cc(F)cc(F)c1)N1CCOCC1CO. The molecule has 6 heteroatoms. The molecule has 0 saturated carbocycles. The van der Waals surface area contributed by atoms with Gasteiger partial charge in [0.05, 0.1) is 25.9 Å². The first-order chi connectivity index (χ1) is 8.61. The summed E-state index contributed by atoms with van der Waals surface area (Å²) >= 11 is 0. The lowest BCUT2D eigenvalue weighted by Gasteiger charge is -2.34. The van der Waals surface area contributed by atoms with Crippen LogP contribution in [0.5, 0.6) is 0 Å². The van der Waals surface area contributed by atoms with E-state index in [4.69, 9.17) is 9.84 Å². The van der Waals surface area contributed by atoms with Gasteiger partial charge in [0, 0.05) is 18.2 Å². The highest BCUT2D eigenvalue weighted by molar-refractivity contribution is 5.94. The summed E-state index contributed by atoms with van der Waals surface area (Å²) in [5.41, 5.74) is -0.0622. The summed E-state index contributed by atoms with van der Waals surface area (Å²) in [5.74, 6) is -2.10. The Morgan fingerprint density at radius 2 is 2.06 bits per heavy atom. The van der Waals surface area contributed by atoms with E-state index in [-0.39, 0.29) is 18.8 Å². The summed E-state index contributed by atoms with van der Waals surface area (Å²) in [6.45, 7) is 0.617. The van der Waals surface area contributed by atoms with Crippen molar-refractivity contribution in [1.29, 1.82) is 0 Å². The van der Waals surface area contributed by atoms with Crippen molar-refractivity contribution in [3.63, 3.8) is 0 Å². The van der Waals surface area contributed by atoms with Crippen LogP contribution in [-0.2, 0) is 4.74 Å². The average molecular weight is 257 g/mol. The number of morpholine rings is 1. The summed E-state index contributed by atoms with van der Waals surface area (Å²) in [7, 11) is 0. The molecule has 0 aromatic heterocycles. The molecule has 1 atom stereocenters. The van der Waals surface area contributed by atoms with Crippen LogP contribution in [0.1, 0.15) is 10.4 Å². The second-order valence-corrected chi connectivity index (χ2v) is 4.07. The van der Waals surface area contributed by atoms with Crippen LogP contribution < -0.4 is 0 Å². The van der Waals surface area contributed by atoms with E-state index in [2.05, 4.69) is 0 Å². The van der Waals surface area contributed by atoms with Crippen molar-refractivity contribution < 1.29 is 23.4 Å². The van der Waals surface area contributed by atoms with E-state index < -0.39 is 23.6 Å². The summed E-state index contributed by atoms with van der Waals surface area (Å²) in [5, 5.41) is 9.14. The second-order valence-electron chi connectivity index (χ2n) is 4.07. The maximum atomic E-state index is 13.0. The first kappa shape index (κ1) is 12.9. The highest BCUT2D eigenvalue weighted by Gasteiger charge is 2.27. The molecule has 0 spiro atoms. The summed E-state index contributed by atoms with van der Waals surface area (Å²) in [4.78, 5) is 13.5. The van der Waals surface area contributed by atoms with Crippen molar-refractivity contribution in [2.45, 2.75) is 6.04 Å². The molecule has 0 radical (unpaired) electrons. The number of rotatable bonds is 2. The number of aliphatic hydroxyl groups is 1. The lowest BCUT2D eigenvalue weighted by atomic mass is 10.1. The molecule has 1 N–H and O–H groups in total. The van der Waals surface area contributed by atoms with Crippen molar-refractivity contribution in [3.05, 3.63) is 35.4 Å². The third-order valence-electron chi connectivity index (χ3n) is 2.81. The summed E-state index contributed by atoms with van der Waals surface area (Å²) in [6, 6.07) is 2.20. The number of ether oxygens (including phenoxy) is 1. The van der Waals surface area contributed by atoms with Crippen molar-refractivity contribution in [3.8, 4) is 0 Å². The normalized spacial score (nSPS) is 19.9. The molecule has 1 aromatic carbocycles. The third kappa shape index (κ3) is 2.65. The van der Waals surface area contributed by atoms with Gasteiger partial charge < -0.3 is 14.7 Å². The van der Waals surface area contributed by atoms with Gasteiger partial charge in [0.15, 0.2) is 0 Å². The summed E-state index contributed by atoms with van der Waals surface area (Å²) < 4.78 is 31.2. The standard InChI is InChI=1S/C12H13F2NO3/c13-9-3-8(4-10(14)5-9)12(17)15-1-2-18-7-11(15)6-16/h3-5,11,16H,1-2,6-7H2. The van der Waals surface area contributed by atoms with E-state index in [0.29, 0.717) is 19.2 Å². The molecule has 1 unspecified atom stereocenters. The van der Waals surface area contributed by atoms with Crippen LogP contribution in [0.3, 0.4) is 0 Å². The monoisotopic (exact) mass is 257 g/mol. The van der Waals surface area contributed by atoms with Crippen LogP contribution in [0.2, 0.25) is 0 Å².